The van der Waals surface area contributed by atoms with Crippen LogP contribution in [0.25, 0.3) is 0 Å². The number of nitrogens with two attached hydrogens (primary N) is 1. The number of nitrogens with one attached hydrogen (secondary N) is 1. The van der Waals surface area contributed by atoms with Crippen molar-refractivity contribution in [2.45, 2.75) is 19.3 Å². The molecule has 1 amide bonds. The molecule has 1 atom stereocenters. The molecule has 0 spiro atoms. The van der Waals surface area contributed by atoms with Crippen LogP contribution in [0.3, 0.4) is 0 Å². The molecule has 0 saturated carbocycles. The summed E-state index contributed by atoms with van der Waals surface area (Å²) in [7, 11) is 0. The molecule has 2 heterocycles. The first kappa shape index (κ1) is 13.0. The van der Waals surface area contributed by atoms with Crippen LogP contribution in [0.1, 0.15) is 25.0 Å². The molecule has 2 aromatic rings. The number of nitrogens with zero attached hydrogens (tertiary/aromatic N) is 2. The van der Waals surface area contributed by atoms with E-state index in [0.717, 1.165) is 5.69 Å². The molecule has 0 radical (unpaired) electrons. The smallest absolute Gasteiger partial charge is 0.226 e. The molecule has 1 unspecified atom stereocenters. The van der Waals surface area contributed by atoms with Crippen LogP contribution in [0.15, 0.2) is 42.7 Å². The fraction of sp³-hybridized carbons (Fsp3) is 0.214. The van der Waals surface area contributed by atoms with Gasteiger partial charge >= 0.3 is 0 Å². The summed E-state index contributed by atoms with van der Waals surface area (Å²) in [5.74, 6) is -0.0613. The van der Waals surface area contributed by atoms with E-state index in [2.05, 4.69) is 15.3 Å². The lowest BCUT2D eigenvalue weighted by molar-refractivity contribution is -0.119. The summed E-state index contributed by atoms with van der Waals surface area (Å²) >= 11 is 0. The molecule has 5 nitrogen and oxygen atoms in total. The molecule has 0 aromatic carbocycles. The fourth-order valence-corrected chi connectivity index (χ4v) is 1.90. The van der Waals surface area contributed by atoms with Gasteiger partial charge in [0.25, 0.3) is 0 Å². The summed E-state index contributed by atoms with van der Waals surface area (Å²) in [5.41, 5.74) is 6.83. The maximum atomic E-state index is 11.5. The zero-order valence-corrected chi connectivity index (χ0v) is 10.7. The third-order valence-electron chi connectivity index (χ3n) is 2.85. The number of pyridine rings is 2. The van der Waals surface area contributed by atoms with Gasteiger partial charge in [0.2, 0.25) is 5.91 Å². The lowest BCUT2D eigenvalue weighted by Gasteiger charge is -2.15. The third-order valence-corrected chi connectivity index (χ3v) is 2.85. The van der Waals surface area contributed by atoms with Crippen molar-refractivity contribution < 1.29 is 4.79 Å². The fourth-order valence-electron chi connectivity index (χ4n) is 1.90. The van der Waals surface area contributed by atoms with Gasteiger partial charge < -0.3 is 11.1 Å². The Morgan fingerprint density at radius 3 is 2.68 bits per heavy atom. The molecule has 0 aliphatic carbocycles. The number of amides is 1. The second kappa shape index (κ2) is 5.95. The number of carbonyl (C=O) groups is 1. The lowest BCUT2D eigenvalue weighted by atomic mass is 9.99. The normalized spacial score (nSPS) is 11.8. The first-order valence-corrected chi connectivity index (χ1v) is 6.14. The Hall–Kier alpha value is -2.43. The molecule has 98 valence electrons. The summed E-state index contributed by atoms with van der Waals surface area (Å²) in [6.45, 7) is 1.91. The molecular formula is C14H16N4O. The molecule has 19 heavy (non-hydrogen) atoms. The van der Waals surface area contributed by atoms with E-state index >= 15 is 0 Å². The first-order chi connectivity index (χ1) is 9.22. The maximum Gasteiger partial charge on any atom is 0.226 e. The number of rotatable bonds is 5. The number of carbonyl (C=O) groups excluding carboxylic acids is 1. The summed E-state index contributed by atoms with van der Waals surface area (Å²) in [4.78, 5) is 19.9. The Morgan fingerprint density at radius 1 is 1.26 bits per heavy atom. The Bertz CT molecular complexity index is 556. The van der Waals surface area contributed by atoms with Gasteiger partial charge in [-0.3, -0.25) is 9.78 Å². The zero-order chi connectivity index (χ0) is 13.7. The average Bonchev–Trinajstić information content (AvgIpc) is 2.42. The van der Waals surface area contributed by atoms with Crippen LogP contribution in [0.5, 0.6) is 0 Å². The topological polar surface area (TPSA) is 80.9 Å². The second-order valence-electron chi connectivity index (χ2n) is 4.14. The van der Waals surface area contributed by atoms with Gasteiger partial charge in [-0.05, 0) is 30.7 Å². The minimum Gasteiger partial charge on any atom is -0.369 e. The summed E-state index contributed by atoms with van der Waals surface area (Å²) in [5, 5.41) is 3.16. The van der Waals surface area contributed by atoms with Crippen LogP contribution in [-0.4, -0.2) is 15.9 Å². The highest BCUT2D eigenvalue weighted by molar-refractivity contribution is 5.83. The van der Waals surface area contributed by atoms with Crippen molar-refractivity contribution in [3.63, 3.8) is 0 Å². The van der Waals surface area contributed by atoms with E-state index in [-0.39, 0.29) is 5.91 Å². The molecule has 2 rings (SSSR count). The maximum absolute atomic E-state index is 11.5. The van der Waals surface area contributed by atoms with Crippen molar-refractivity contribution in [1.29, 1.82) is 0 Å². The van der Waals surface area contributed by atoms with Gasteiger partial charge in [0, 0.05) is 12.4 Å². The lowest BCUT2D eigenvalue weighted by Crippen LogP contribution is -2.22. The Morgan fingerprint density at radius 2 is 2.05 bits per heavy atom. The predicted molar refractivity (Wildman–Crippen MR) is 74.0 cm³/mol. The van der Waals surface area contributed by atoms with Crippen LogP contribution >= 0.6 is 0 Å². The van der Waals surface area contributed by atoms with Gasteiger partial charge in [-0.25, -0.2) is 4.98 Å². The highest BCUT2D eigenvalue weighted by Crippen LogP contribution is 2.26. The number of aromatic nitrogens is 2. The van der Waals surface area contributed by atoms with Crippen molar-refractivity contribution in [3.05, 3.63) is 48.4 Å². The van der Waals surface area contributed by atoms with E-state index in [1.165, 1.54) is 0 Å². The highest BCUT2D eigenvalue weighted by Gasteiger charge is 2.20. The van der Waals surface area contributed by atoms with Crippen LogP contribution in [-0.2, 0) is 4.79 Å². The van der Waals surface area contributed by atoms with Gasteiger partial charge in [-0.2, -0.15) is 0 Å². The van der Waals surface area contributed by atoms with Crippen molar-refractivity contribution >= 4 is 17.4 Å². The molecular weight excluding hydrogens is 240 g/mol. The minimum absolute atomic E-state index is 0.370. The van der Waals surface area contributed by atoms with Crippen LogP contribution in [0.4, 0.5) is 11.5 Å². The van der Waals surface area contributed by atoms with Crippen molar-refractivity contribution in [3.8, 4) is 0 Å². The van der Waals surface area contributed by atoms with Crippen LogP contribution in [0.2, 0.25) is 0 Å². The number of hydrogen-bond donors (Lipinski definition) is 2. The standard InChI is InChI=1S/C14H16N4O/c1-2-10(14(15)19)13-11(6-5-9-17-13)18-12-7-3-4-8-16-12/h3-10H,2H2,1H3,(H2,15,19)(H,16,18). The van der Waals surface area contributed by atoms with E-state index in [1.54, 1.807) is 12.4 Å². The molecule has 5 heteroatoms. The van der Waals surface area contributed by atoms with Crippen molar-refractivity contribution in [1.82, 2.24) is 9.97 Å². The summed E-state index contributed by atoms with van der Waals surface area (Å²) in [6.07, 6.45) is 3.97. The van der Waals surface area contributed by atoms with Crippen molar-refractivity contribution in [2.24, 2.45) is 5.73 Å². The predicted octanol–water partition coefficient (Wildman–Crippen LogP) is 2.20. The summed E-state index contributed by atoms with van der Waals surface area (Å²) in [6, 6.07) is 9.25. The zero-order valence-electron chi connectivity index (χ0n) is 10.7. The first-order valence-electron chi connectivity index (χ1n) is 6.14. The van der Waals surface area contributed by atoms with Gasteiger partial charge in [-0.15, -0.1) is 0 Å². The molecule has 0 aliphatic heterocycles. The molecule has 0 fully saturated rings. The Labute approximate surface area is 111 Å². The SMILES string of the molecule is CCC(C(N)=O)c1ncccc1Nc1ccccn1. The quantitative estimate of drug-likeness (QED) is 0.859. The number of anilines is 2. The summed E-state index contributed by atoms with van der Waals surface area (Å²) < 4.78 is 0. The van der Waals surface area contributed by atoms with E-state index in [4.69, 9.17) is 5.73 Å². The largest absolute Gasteiger partial charge is 0.369 e. The second-order valence-corrected chi connectivity index (χ2v) is 4.14. The van der Waals surface area contributed by atoms with Crippen LogP contribution in [0, 0.1) is 0 Å². The number of hydrogen-bond acceptors (Lipinski definition) is 4. The van der Waals surface area contributed by atoms with Gasteiger partial charge in [0.05, 0.1) is 17.3 Å². The van der Waals surface area contributed by atoms with Gasteiger partial charge in [-0.1, -0.05) is 13.0 Å². The third kappa shape index (κ3) is 3.07. The number of primary amides is 1. The highest BCUT2D eigenvalue weighted by atomic mass is 16.1. The van der Waals surface area contributed by atoms with Crippen molar-refractivity contribution in [2.75, 3.05) is 5.32 Å². The van der Waals surface area contributed by atoms with Gasteiger partial charge in [0.15, 0.2) is 0 Å². The molecule has 2 aromatic heterocycles. The average molecular weight is 256 g/mol. The van der Waals surface area contributed by atoms with E-state index in [9.17, 15) is 4.79 Å². The van der Waals surface area contributed by atoms with E-state index in [1.807, 2.05) is 37.3 Å². The Balaban J connectivity index is 2.33. The molecule has 3 N–H and O–H groups in total. The van der Waals surface area contributed by atoms with Crippen LogP contribution < -0.4 is 11.1 Å². The molecule has 0 saturated heterocycles. The van der Waals surface area contributed by atoms with E-state index in [0.29, 0.717) is 17.9 Å². The van der Waals surface area contributed by atoms with Gasteiger partial charge in [0.1, 0.15) is 5.82 Å². The molecule has 0 aliphatic rings. The minimum atomic E-state index is -0.396. The monoisotopic (exact) mass is 256 g/mol. The van der Waals surface area contributed by atoms with E-state index < -0.39 is 5.92 Å². The molecule has 0 bridgehead atoms. The Kier molecular flexibility index (Phi) is 4.07.